The maximum absolute atomic E-state index is 6.32. The van der Waals surface area contributed by atoms with Crippen LogP contribution in [0.15, 0.2) is 48.7 Å². The van der Waals surface area contributed by atoms with Gasteiger partial charge in [-0.15, -0.1) is 0 Å². The highest BCUT2D eigenvalue weighted by atomic mass is 127. The van der Waals surface area contributed by atoms with Crippen molar-refractivity contribution in [1.82, 2.24) is 4.98 Å². The highest BCUT2D eigenvalue weighted by Crippen LogP contribution is 2.23. The van der Waals surface area contributed by atoms with E-state index in [0.29, 0.717) is 5.71 Å². The predicted octanol–water partition coefficient (Wildman–Crippen LogP) is 2.89. The van der Waals surface area contributed by atoms with Crippen molar-refractivity contribution in [2.75, 3.05) is 11.9 Å². The van der Waals surface area contributed by atoms with Crippen molar-refractivity contribution < 1.29 is 10.1 Å². The maximum atomic E-state index is 6.32. The van der Waals surface area contributed by atoms with Gasteiger partial charge in [0.25, 0.3) is 0 Å². The Labute approximate surface area is 156 Å². The number of hydrogen-bond acceptors (Lipinski definition) is 3. The number of nitrogens with zero attached hydrogens (tertiary/aromatic N) is 1. The number of benzene rings is 1. The van der Waals surface area contributed by atoms with E-state index >= 15 is 0 Å². The molecule has 2 heterocycles. The number of ether oxygens (including phenoxy) is 1. The van der Waals surface area contributed by atoms with Crippen LogP contribution < -0.4 is 10.7 Å². The summed E-state index contributed by atoms with van der Waals surface area (Å²) in [5.74, 6) is 0. The van der Waals surface area contributed by atoms with Gasteiger partial charge in [-0.05, 0) is 78.3 Å². The average molecular weight is 434 g/mol. The third kappa shape index (κ3) is 4.64. The zero-order chi connectivity index (χ0) is 16.8. The molecule has 0 bridgehead atoms. The SMILES string of the molecule is [NH2+]=C(/C=C/c1ccccn1)c1ccc(I)cc1NC1CCCCO1. The molecule has 3 rings (SSSR count). The minimum Gasteiger partial charge on any atom is -0.359 e. The summed E-state index contributed by atoms with van der Waals surface area (Å²) in [6, 6.07) is 12.0. The van der Waals surface area contributed by atoms with Crippen molar-refractivity contribution in [3.8, 4) is 0 Å². The summed E-state index contributed by atoms with van der Waals surface area (Å²) in [5, 5.41) is 9.81. The number of nitrogens with one attached hydrogen (secondary N) is 1. The fourth-order valence-corrected chi connectivity index (χ4v) is 3.15. The zero-order valence-corrected chi connectivity index (χ0v) is 15.6. The minimum absolute atomic E-state index is 0.0586. The Morgan fingerprint density at radius 1 is 1.29 bits per heavy atom. The van der Waals surface area contributed by atoms with Crippen molar-refractivity contribution in [1.29, 1.82) is 0 Å². The van der Waals surface area contributed by atoms with Crippen LogP contribution >= 0.6 is 22.6 Å². The first kappa shape index (κ1) is 17.1. The molecule has 1 saturated heterocycles. The van der Waals surface area contributed by atoms with Gasteiger partial charge in [0.1, 0.15) is 6.23 Å². The summed E-state index contributed by atoms with van der Waals surface area (Å²) in [4.78, 5) is 4.28. The van der Waals surface area contributed by atoms with Crippen LogP contribution in [0.3, 0.4) is 0 Å². The first-order valence-electron chi connectivity index (χ1n) is 8.12. The summed E-state index contributed by atoms with van der Waals surface area (Å²) >= 11 is 2.31. The van der Waals surface area contributed by atoms with E-state index < -0.39 is 0 Å². The Morgan fingerprint density at radius 2 is 2.21 bits per heavy atom. The van der Waals surface area contributed by atoms with E-state index in [-0.39, 0.29) is 6.23 Å². The number of allylic oxidation sites excluding steroid dienone is 1. The molecular weight excluding hydrogens is 413 g/mol. The Morgan fingerprint density at radius 3 is 2.96 bits per heavy atom. The third-order valence-corrected chi connectivity index (χ3v) is 4.58. The van der Waals surface area contributed by atoms with E-state index in [2.05, 4.69) is 45.0 Å². The van der Waals surface area contributed by atoms with Crippen LogP contribution in [-0.2, 0) is 4.74 Å². The van der Waals surface area contributed by atoms with Crippen LogP contribution in [0.4, 0.5) is 5.69 Å². The quantitative estimate of drug-likeness (QED) is 0.562. The monoisotopic (exact) mass is 434 g/mol. The number of hydrogen-bond donors (Lipinski definition) is 2. The first-order valence-corrected chi connectivity index (χ1v) is 9.20. The maximum Gasteiger partial charge on any atom is 0.206 e. The summed E-state index contributed by atoms with van der Waals surface area (Å²) < 4.78 is 6.96. The van der Waals surface area contributed by atoms with E-state index in [9.17, 15) is 0 Å². The number of aromatic nitrogens is 1. The molecule has 1 atom stereocenters. The van der Waals surface area contributed by atoms with Crippen LogP contribution in [0.25, 0.3) is 6.08 Å². The standard InChI is InChI=1S/C19H20IN3O/c20-14-7-9-16(17(21)10-8-15-5-1-3-11-22-15)18(13-14)23-19-6-2-4-12-24-19/h1,3,5,7-11,13,19,21,23H,2,4,6,12H2/p+1/b10-8+,21-17?. The van der Waals surface area contributed by atoms with Crippen LogP contribution in [0, 0.1) is 3.57 Å². The van der Waals surface area contributed by atoms with Crippen LogP contribution in [0.2, 0.25) is 0 Å². The summed E-state index contributed by atoms with van der Waals surface area (Å²) in [6.45, 7) is 0.815. The van der Waals surface area contributed by atoms with Gasteiger partial charge in [-0.3, -0.25) is 10.4 Å². The van der Waals surface area contributed by atoms with E-state index in [1.165, 1.54) is 6.42 Å². The topological polar surface area (TPSA) is 59.7 Å². The summed E-state index contributed by atoms with van der Waals surface area (Å²) in [7, 11) is 0. The lowest BCUT2D eigenvalue weighted by molar-refractivity contribution is -0.110. The molecule has 0 spiro atoms. The van der Waals surface area contributed by atoms with E-state index in [1.807, 2.05) is 36.4 Å². The van der Waals surface area contributed by atoms with E-state index in [0.717, 1.165) is 40.0 Å². The Balaban J connectivity index is 1.78. The lowest BCUT2D eigenvalue weighted by Crippen LogP contribution is -2.40. The van der Waals surface area contributed by atoms with Gasteiger partial charge in [-0.25, -0.2) is 0 Å². The fraction of sp³-hybridized carbons (Fsp3) is 0.263. The predicted molar refractivity (Wildman–Crippen MR) is 106 cm³/mol. The first-order chi connectivity index (χ1) is 11.7. The van der Waals surface area contributed by atoms with Crippen molar-refractivity contribution >= 4 is 40.1 Å². The highest BCUT2D eigenvalue weighted by Gasteiger charge is 2.17. The van der Waals surface area contributed by atoms with Crippen molar-refractivity contribution in [3.63, 3.8) is 0 Å². The van der Waals surface area contributed by atoms with E-state index in [4.69, 9.17) is 10.1 Å². The Kier molecular flexibility index (Phi) is 5.98. The second-order valence-electron chi connectivity index (χ2n) is 5.73. The molecule has 3 N–H and O–H groups in total. The second-order valence-corrected chi connectivity index (χ2v) is 6.98. The fourth-order valence-electron chi connectivity index (χ4n) is 2.66. The molecule has 1 unspecified atom stereocenters. The van der Waals surface area contributed by atoms with Gasteiger partial charge in [-0.1, -0.05) is 6.07 Å². The molecule has 2 aromatic rings. The number of rotatable bonds is 5. The number of nitrogens with two attached hydrogens (primary N) is 1. The molecule has 4 nitrogen and oxygen atoms in total. The molecule has 1 aromatic carbocycles. The van der Waals surface area contributed by atoms with E-state index in [1.54, 1.807) is 6.20 Å². The van der Waals surface area contributed by atoms with Gasteiger partial charge < -0.3 is 10.1 Å². The molecule has 5 heteroatoms. The number of halogens is 1. The van der Waals surface area contributed by atoms with Gasteiger partial charge in [0, 0.05) is 22.4 Å². The lowest BCUT2D eigenvalue weighted by Gasteiger charge is -2.25. The average Bonchev–Trinajstić information content (AvgIpc) is 2.62. The number of pyridine rings is 1. The molecule has 124 valence electrons. The van der Waals surface area contributed by atoms with Gasteiger partial charge in [0.2, 0.25) is 5.71 Å². The van der Waals surface area contributed by atoms with Gasteiger partial charge in [-0.2, -0.15) is 0 Å². The minimum atomic E-state index is 0.0586. The molecular formula is C19H21IN3O+. The summed E-state index contributed by atoms with van der Waals surface area (Å²) in [5.41, 5.74) is 3.58. The van der Waals surface area contributed by atoms with Crippen molar-refractivity contribution in [3.05, 3.63) is 63.5 Å². The number of anilines is 1. The van der Waals surface area contributed by atoms with Gasteiger partial charge in [0.05, 0.1) is 16.9 Å². The van der Waals surface area contributed by atoms with Crippen LogP contribution in [0.1, 0.15) is 30.5 Å². The molecule has 0 saturated carbocycles. The van der Waals surface area contributed by atoms with Crippen LogP contribution in [0.5, 0.6) is 0 Å². The molecule has 0 aliphatic carbocycles. The third-order valence-electron chi connectivity index (χ3n) is 3.91. The zero-order valence-electron chi connectivity index (χ0n) is 13.4. The molecule has 0 amide bonds. The molecule has 24 heavy (non-hydrogen) atoms. The largest absolute Gasteiger partial charge is 0.359 e. The molecule has 1 aliphatic rings. The summed E-state index contributed by atoms with van der Waals surface area (Å²) in [6.07, 6.45) is 9.01. The van der Waals surface area contributed by atoms with Gasteiger partial charge in [0.15, 0.2) is 0 Å². The van der Waals surface area contributed by atoms with Crippen molar-refractivity contribution in [2.24, 2.45) is 0 Å². The van der Waals surface area contributed by atoms with Crippen molar-refractivity contribution in [2.45, 2.75) is 25.5 Å². The second kappa shape index (κ2) is 8.39. The smallest absolute Gasteiger partial charge is 0.206 e. The molecule has 0 radical (unpaired) electrons. The molecule has 1 fully saturated rings. The molecule has 1 aliphatic heterocycles. The van der Waals surface area contributed by atoms with Gasteiger partial charge >= 0.3 is 0 Å². The Bertz CT molecular complexity index is 725. The lowest BCUT2D eigenvalue weighted by atomic mass is 10.1. The highest BCUT2D eigenvalue weighted by molar-refractivity contribution is 14.1. The molecule has 1 aromatic heterocycles. The Hall–Kier alpha value is -1.73. The normalized spacial score (nSPS) is 17.8. The van der Waals surface area contributed by atoms with Crippen LogP contribution in [-0.4, -0.2) is 23.5 Å².